The fraction of sp³-hybridized carbons (Fsp3) is 0.667. The Labute approximate surface area is 67.9 Å². The van der Waals surface area contributed by atoms with Crippen LogP contribution >= 0.6 is 0 Å². The molecule has 0 aliphatic heterocycles. The summed E-state index contributed by atoms with van der Waals surface area (Å²) >= 11 is 0. The fourth-order valence-corrected chi connectivity index (χ4v) is 0.802. The molecule has 0 aromatic heterocycles. The van der Waals surface area contributed by atoms with E-state index < -0.39 is 0 Å². The van der Waals surface area contributed by atoms with Crippen molar-refractivity contribution >= 4 is 5.97 Å². The number of carbonyl (C=O) groups is 1. The van der Waals surface area contributed by atoms with Gasteiger partial charge in [-0.05, 0) is 5.41 Å². The molecule has 0 rings (SSSR count). The first kappa shape index (κ1) is 10.0. The molecule has 62 valence electrons. The molecule has 11 heavy (non-hydrogen) atoms. The highest BCUT2D eigenvalue weighted by molar-refractivity contribution is 5.69. The van der Waals surface area contributed by atoms with E-state index in [4.69, 9.17) is 6.42 Å². The third-order valence-electron chi connectivity index (χ3n) is 1.43. The number of rotatable bonds is 3. The maximum Gasteiger partial charge on any atom is 0.306 e. The van der Waals surface area contributed by atoms with Crippen LogP contribution in [0.15, 0.2) is 0 Å². The first-order valence-corrected chi connectivity index (χ1v) is 3.52. The molecule has 2 heteroatoms. The Bertz CT molecular complexity index is 174. The summed E-state index contributed by atoms with van der Waals surface area (Å²) in [6.07, 6.45) is 6.11. The van der Waals surface area contributed by atoms with E-state index in [2.05, 4.69) is 10.7 Å². The molecule has 0 N–H and O–H groups in total. The van der Waals surface area contributed by atoms with Crippen molar-refractivity contribution in [2.75, 3.05) is 7.11 Å². The summed E-state index contributed by atoms with van der Waals surface area (Å²) in [5.74, 6) is 2.33. The predicted molar refractivity (Wildman–Crippen MR) is 43.9 cm³/mol. The number of terminal acetylenes is 1. The molecule has 0 aromatic rings. The average molecular weight is 154 g/mol. The van der Waals surface area contributed by atoms with Gasteiger partial charge in [-0.1, -0.05) is 13.8 Å². The Morgan fingerprint density at radius 2 is 2.18 bits per heavy atom. The van der Waals surface area contributed by atoms with E-state index in [0.717, 1.165) is 0 Å². The van der Waals surface area contributed by atoms with Crippen LogP contribution < -0.4 is 0 Å². The number of carbonyl (C=O) groups excluding carboxylic acids is 1. The molecular weight excluding hydrogens is 140 g/mol. The van der Waals surface area contributed by atoms with Gasteiger partial charge in [-0.3, -0.25) is 4.79 Å². The lowest BCUT2D eigenvalue weighted by Gasteiger charge is -2.19. The van der Waals surface area contributed by atoms with Gasteiger partial charge in [0.05, 0.1) is 13.5 Å². The largest absolute Gasteiger partial charge is 0.469 e. The van der Waals surface area contributed by atoms with Crippen LogP contribution in [0.2, 0.25) is 0 Å². The number of esters is 1. The Morgan fingerprint density at radius 3 is 2.55 bits per heavy atom. The Kier molecular flexibility index (Phi) is 3.67. The topological polar surface area (TPSA) is 26.3 Å². The molecule has 0 aromatic carbocycles. The van der Waals surface area contributed by atoms with E-state index in [0.29, 0.717) is 12.8 Å². The number of methoxy groups -OCH3 is 1. The average Bonchev–Trinajstić information content (AvgIpc) is 1.86. The summed E-state index contributed by atoms with van der Waals surface area (Å²) in [5, 5.41) is 0. The van der Waals surface area contributed by atoms with E-state index in [1.54, 1.807) is 0 Å². The van der Waals surface area contributed by atoms with Gasteiger partial charge >= 0.3 is 5.97 Å². The molecular formula is C9H14O2. The predicted octanol–water partition coefficient (Wildman–Crippen LogP) is 1.60. The summed E-state index contributed by atoms with van der Waals surface area (Å²) in [5.41, 5.74) is -0.137. The van der Waals surface area contributed by atoms with Gasteiger partial charge in [0.2, 0.25) is 0 Å². The van der Waals surface area contributed by atoms with E-state index in [1.165, 1.54) is 7.11 Å². The fourth-order valence-electron chi connectivity index (χ4n) is 0.802. The first-order valence-electron chi connectivity index (χ1n) is 3.52. The van der Waals surface area contributed by atoms with Crippen molar-refractivity contribution in [2.24, 2.45) is 5.41 Å². The Hall–Kier alpha value is -0.970. The molecule has 0 radical (unpaired) electrons. The maximum atomic E-state index is 10.8. The van der Waals surface area contributed by atoms with Crippen LogP contribution in [0.5, 0.6) is 0 Å². The third kappa shape index (κ3) is 4.44. The SMILES string of the molecule is C#CCC(C)(C)CC(=O)OC. The molecule has 0 saturated carbocycles. The summed E-state index contributed by atoms with van der Waals surface area (Å²) in [6, 6.07) is 0. The third-order valence-corrected chi connectivity index (χ3v) is 1.43. The lowest BCUT2D eigenvalue weighted by Crippen LogP contribution is -2.17. The molecule has 0 aliphatic carbocycles. The zero-order valence-electron chi connectivity index (χ0n) is 7.31. The molecule has 0 saturated heterocycles. The second kappa shape index (κ2) is 4.02. The lowest BCUT2D eigenvalue weighted by molar-refractivity contribution is -0.142. The molecule has 0 unspecified atom stereocenters. The smallest absolute Gasteiger partial charge is 0.306 e. The van der Waals surface area contributed by atoms with E-state index in [-0.39, 0.29) is 11.4 Å². The van der Waals surface area contributed by atoms with Gasteiger partial charge in [0, 0.05) is 6.42 Å². The second-order valence-corrected chi connectivity index (χ2v) is 3.30. The van der Waals surface area contributed by atoms with Crippen molar-refractivity contribution in [2.45, 2.75) is 26.7 Å². The van der Waals surface area contributed by atoms with Crippen LogP contribution in [0.3, 0.4) is 0 Å². The van der Waals surface area contributed by atoms with Gasteiger partial charge in [-0.25, -0.2) is 0 Å². The molecule has 0 bridgehead atoms. The standard InChI is InChI=1S/C9H14O2/c1-5-6-9(2,3)7-8(10)11-4/h1H,6-7H2,2-4H3. The molecule has 0 amide bonds. The summed E-state index contributed by atoms with van der Waals surface area (Å²) in [7, 11) is 1.38. The number of hydrogen-bond donors (Lipinski definition) is 0. The highest BCUT2D eigenvalue weighted by Gasteiger charge is 2.20. The van der Waals surface area contributed by atoms with Gasteiger partial charge < -0.3 is 4.74 Å². The quantitative estimate of drug-likeness (QED) is 0.456. The minimum absolute atomic E-state index is 0.137. The molecule has 2 nitrogen and oxygen atoms in total. The van der Waals surface area contributed by atoms with Crippen LogP contribution in [-0.2, 0) is 9.53 Å². The van der Waals surface area contributed by atoms with Crippen LogP contribution in [-0.4, -0.2) is 13.1 Å². The minimum Gasteiger partial charge on any atom is -0.469 e. The van der Waals surface area contributed by atoms with Crippen molar-refractivity contribution in [3.05, 3.63) is 0 Å². The Morgan fingerprint density at radius 1 is 1.64 bits per heavy atom. The van der Waals surface area contributed by atoms with E-state index in [1.807, 2.05) is 13.8 Å². The molecule has 0 fully saturated rings. The highest BCUT2D eigenvalue weighted by atomic mass is 16.5. The van der Waals surface area contributed by atoms with Gasteiger partial charge in [0.1, 0.15) is 0 Å². The summed E-state index contributed by atoms with van der Waals surface area (Å²) in [4.78, 5) is 10.8. The minimum atomic E-state index is -0.203. The second-order valence-electron chi connectivity index (χ2n) is 3.30. The molecule has 0 aliphatic rings. The Balaban J connectivity index is 3.92. The number of hydrogen-bond acceptors (Lipinski definition) is 2. The highest BCUT2D eigenvalue weighted by Crippen LogP contribution is 2.24. The molecule has 0 spiro atoms. The van der Waals surface area contributed by atoms with Crippen LogP contribution in [0.1, 0.15) is 26.7 Å². The zero-order chi connectivity index (χ0) is 8.91. The van der Waals surface area contributed by atoms with Gasteiger partial charge in [-0.2, -0.15) is 0 Å². The van der Waals surface area contributed by atoms with Crippen LogP contribution in [0.4, 0.5) is 0 Å². The summed E-state index contributed by atoms with van der Waals surface area (Å²) < 4.78 is 4.52. The lowest BCUT2D eigenvalue weighted by atomic mass is 9.86. The number of ether oxygens (including phenoxy) is 1. The van der Waals surface area contributed by atoms with Crippen molar-refractivity contribution < 1.29 is 9.53 Å². The van der Waals surface area contributed by atoms with E-state index in [9.17, 15) is 4.79 Å². The molecule has 0 atom stereocenters. The van der Waals surface area contributed by atoms with E-state index >= 15 is 0 Å². The zero-order valence-corrected chi connectivity index (χ0v) is 7.31. The van der Waals surface area contributed by atoms with Crippen molar-refractivity contribution in [1.82, 2.24) is 0 Å². The molecule has 0 heterocycles. The van der Waals surface area contributed by atoms with Crippen LogP contribution in [0.25, 0.3) is 0 Å². The van der Waals surface area contributed by atoms with Gasteiger partial charge in [0.15, 0.2) is 0 Å². The van der Waals surface area contributed by atoms with Crippen molar-refractivity contribution in [3.8, 4) is 12.3 Å². The van der Waals surface area contributed by atoms with Gasteiger partial charge in [0.25, 0.3) is 0 Å². The normalized spacial score (nSPS) is 10.4. The van der Waals surface area contributed by atoms with Crippen LogP contribution in [0, 0.1) is 17.8 Å². The van der Waals surface area contributed by atoms with Crippen molar-refractivity contribution in [1.29, 1.82) is 0 Å². The van der Waals surface area contributed by atoms with Gasteiger partial charge in [-0.15, -0.1) is 12.3 Å². The van der Waals surface area contributed by atoms with Crippen molar-refractivity contribution in [3.63, 3.8) is 0 Å². The maximum absolute atomic E-state index is 10.8. The monoisotopic (exact) mass is 154 g/mol. The summed E-state index contributed by atoms with van der Waals surface area (Å²) in [6.45, 7) is 3.90. The first-order chi connectivity index (χ1) is 5.02.